The lowest BCUT2D eigenvalue weighted by Gasteiger charge is -2.29. The van der Waals surface area contributed by atoms with Crippen LogP contribution >= 0.6 is 0 Å². The summed E-state index contributed by atoms with van der Waals surface area (Å²) >= 11 is 0. The van der Waals surface area contributed by atoms with Gasteiger partial charge in [0, 0.05) is 18.8 Å². The first-order chi connectivity index (χ1) is 8.20. The van der Waals surface area contributed by atoms with Crippen molar-refractivity contribution in [1.82, 2.24) is 4.98 Å². The van der Waals surface area contributed by atoms with E-state index < -0.39 is 5.97 Å². The number of hydrogen-bond donors (Lipinski definition) is 1. The van der Waals surface area contributed by atoms with E-state index in [0.29, 0.717) is 17.4 Å². The fourth-order valence-corrected chi connectivity index (χ4v) is 2.38. The SMILES string of the molecule is CC1CCCCCN1c1ncccc1C(=O)O. The molecule has 0 amide bonds. The number of anilines is 1. The summed E-state index contributed by atoms with van der Waals surface area (Å²) in [6, 6.07) is 3.67. The van der Waals surface area contributed by atoms with Crippen molar-refractivity contribution in [2.45, 2.75) is 38.6 Å². The Morgan fingerprint density at radius 2 is 2.29 bits per heavy atom. The highest BCUT2D eigenvalue weighted by atomic mass is 16.4. The van der Waals surface area contributed by atoms with E-state index in [0.717, 1.165) is 19.4 Å². The van der Waals surface area contributed by atoms with Crippen LogP contribution in [0, 0.1) is 0 Å². The molecule has 1 N–H and O–H groups in total. The minimum Gasteiger partial charge on any atom is -0.478 e. The predicted octanol–water partition coefficient (Wildman–Crippen LogP) is 2.55. The summed E-state index contributed by atoms with van der Waals surface area (Å²) in [6.45, 7) is 3.05. The van der Waals surface area contributed by atoms with Gasteiger partial charge in [0.15, 0.2) is 0 Å². The van der Waals surface area contributed by atoms with Crippen LogP contribution in [0.1, 0.15) is 43.0 Å². The van der Waals surface area contributed by atoms with Gasteiger partial charge in [0.05, 0.1) is 0 Å². The molecule has 1 aliphatic rings. The number of nitrogens with zero attached hydrogens (tertiary/aromatic N) is 2. The number of aromatic nitrogens is 1. The molecule has 17 heavy (non-hydrogen) atoms. The van der Waals surface area contributed by atoms with Gasteiger partial charge in [-0.05, 0) is 31.9 Å². The van der Waals surface area contributed by atoms with E-state index >= 15 is 0 Å². The average Bonchev–Trinajstić information content (AvgIpc) is 2.54. The molecule has 0 saturated carbocycles. The van der Waals surface area contributed by atoms with Gasteiger partial charge in [-0.2, -0.15) is 0 Å². The van der Waals surface area contributed by atoms with Gasteiger partial charge in [-0.25, -0.2) is 9.78 Å². The van der Waals surface area contributed by atoms with E-state index in [1.165, 1.54) is 12.8 Å². The van der Waals surface area contributed by atoms with Crippen molar-refractivity contribution in [3.63, 3.8) is 0 Å². The Balaban J connectivity index is 2.34. The van der Waals surface area contributed by atoms with Crippen molar-refractivity contribution >= 4 is 11.8 Å². The second-order valence-corrected chi connectivity index (χ2v) is 4.57. The first-order valence-electron chi connectivity index (χ1n) is 6.15. The van der Waals surface area contributed by atoms with Crippen LogP contribution in [0.25, 0.3) is 0 Å². The topological polar surface area (TPSA) is 53.4 Å². The van der Waals surface area contributed by atoms with Gasteiger partial charge in [-0.15, -0.1) is 0 Å². The fraction of sp³-hybridized carbons (Fsp3) is 0.538. The first-order valence-corrected chi connectivity index (χ1v) is 6.15. The summed E-state index contributed by atoms with van der Waals surface area (Å²) in [5.41, 5.74) is 0.307. The van der Waals surface area contributed by atoms with Crippen molar-refractivity contribution in [1.29, 1.82) is 0 Å². The number of carboxylic acids is 1. The molecule has 1 atom stereocenters. The molecule has 0 aliphatic carbocycles. The van der Waals surface area contributed by atoms with Crippen LogP contribution in [-0.4, -0.2) is 28.6 Å². The van der Waals surface area contributed by atoms with Crippen molar-refractivity contribution in [3.05, 3.63) is 23.9 Å². The van der Waals surface area contributed by atoms with E-state index in [-0.39, 0.29) is 0 Å². The van der Waals surface area contributed by atoms with E-state index in [9.17, 15) is 9.90 Å². The number of hydrogen-bond acceptors (Lipinski definition) is 3. The van der Waals surface area contributed by atoms with Crippen LogP contribution < -0.4 is 4.90 Å². The van der Waals surface area contributed by atoms with Gasteiger partial charge in [-0.3, -0.25) is 0 Å². The summed E-state index contributed by atoms with van der Waals surface area (Å²) in [5.74, 6) is -0.279. The molecule has 4 heteroatoms. The molecule has 0 aromatic carbocycles. The highest BCUT2D eigenvalue weighted by Crippen LogP contribution is 2.25. The molecular formula is C13H18N2O2. The highest BCUT2D eigenvalue weighted by molar-refractivity contribution is 5.93. The van der Waals surface area contributed by atoms with Crippen LogP contribution in [0.4, 0.5) is 5.82 Å². The highest BCUT2D eigenvalue weighted by Gasteiger charge is 2.22. The summed E-state index contributed by atoms with van der Waals surface area (Å²) in [4.78, 5) is 17.6. The zero-order valence-corrected chi connectivity index (χ0v) is 10.1. The maximum atomic E-state index is 11.2. The van der Waals surface area contributed by atoms with Crippen LogP contribution in [0.5, 0.6) is 0 Å². The third-order valence-electron chi connectivity index (χ3n) is 3.34. The summed E-state index contributed by atoms with van der Waals surface area (Å²) in [6.07, 6.45) is 6.32. The third-order valence-corrected chi connectivity index (χ3v) is 3.34. The van der Waals surface area contributed by atoms with Crippen LogP contribution in [0.15, 0.2) is 18.3 Å². The maximum Gasteiger partial charge on any atom is 0.339 e. The van der Waals surface area contributed by atoms with E-state index in [2.05, 4.69) is 16.8 Å². The minimum absolute atomic E-state index is 0.307. The molecule has 0 spiro atoms. The maximum absolute atomic E-state index is 11.2. The molecule has 1 aliphatic heterocycles. The fourth-order valence-electron chi connectivity index (χ4n) is 2.38. The van der Waals surface area contributed by atoms with Crippen molar-refractivity contribution in [2.24, 2.45) is 0 Å². The molecule has 4 nitrogen and oxygen atoms in total. The zero-order valence-electron chi connectivity index (χ0n) is 10.1. The van der Waals surface area contributed by atoms with Gasteiger partial charge in [0.2, 0.25) is 0 Å². The molecule has 1 aromatic heterocycles. The Morgan fingerprint density at radius 3 is 3.06 bits per heavy atom. The summed E-state index contributed by atoms with van der Waals surface area (Å²) < 4.78 is 0. The Morgan fingerprint density at radius 1 is 1.47 bits per heavy atom. The molecule has 1 unspecified atom stereocenters. The van der Waals surface area contributed by atoms with Crippen LogP contribution in [0.2, 0.25) is 0 Å². The lowest BCUT2D eigenvalue weighted by molar-refractivity contribution is 0.0697. The van der Waals surface area contributed by atoms with Crippen LogP contribution in [0.3, 0.4) is 0 Å². The molecule has 0 radical (unpaired) electrons. The lowest BCUT2D eigenvalue weighted by atomic mass is 10.1. The normalized spacial score (nSPS) is 21.0. The number of pyridine rings is 1. The first kappa shape index (κ1) is 11.9. The predicted molar refractivity (Wildman–Crippen MR) is 66.5 cm³/mol. The van der Waals surface area contributed by atoms with Gasteiger partial charge in [0.1, 0.15) is 11.4 Å². The number of rotatable bonds is 2. The minimum atomic E-state index is -0.899. The third kappa shape index (κ3) is 2.57. The van der Waals surface area contributed by atoms with Crippen molar-refractivity contribution < 1.29 is 9.90 Å². The van der Waals surface area contributed by atoms with Gasteiger partial charge in [-0.1, -0.05) is 12.8 Å². The van der Waals surface area contributed by atoms with Gasteiger partial charge >= 0.3 is 5.97 Å². The monoisotopic (exact) mass is 234 g/mol. The molecule has 92 valence electrons. The lowest BCUT2D eigenvalue weighted by Crippen LogP contribution is -2.34. The smallest absolute Gasteiger partial charge is 0.339 e. The molecule has 0 bridgehead atoms. The number of carboxylic acid groups (broad SMARTS) is 1. The summed E-state index contributed by atoms with van der Waals surface area (Å²) in [7, 11) is 0. The Hall–Kier alpha value is -1.58. The van der Waals surface area contributed by atoms with E-state index in [1.807, 2.05) is 0 Å². The standard InChI is InChI=1S/C13H18N2O2/c1-10-6-3-2-4-9-15(10)12-11(13(16)17)7-5-8-14-12/h5,7-8,10H,2-4,6,9H2,1H3,(H,16,17). The second kappa shape index (κ2) is 5.17. The summed E-state index contributed by atoms with van der Waals surface area (Å²) in [5, 5.41) is 9.19. The molecule has 2 rings (SSSR count). The largest absolute Gasteiger partial charge is 0.478 e. The Bertz CT molecular complexity index is 406. The Labute approximate surface area is 101 Å². The van der Waals surface area contributed by atoms with Crippen molar-refractivity contribution in [3.8, 4) is 0 Å². The molecule has 1 saturated heterocycles. The molecular weight excluding hydrogens is 216 g/mol. The zero-order chi connectivity index (χ0) is 12.3. The molecule has 1 aromatic rings. The molecule has 2 heterocycles. The van der Waals surface area contributed by atoms with Crippen LogP contribution in [-0.2, 0) is 0 Å². The Kier molecular flexibility index (Phi) is 3.61. The van der Waals surface area contributed by atoms with Gasteiger partial charge < -0.3 is 10.0 Å². The second-order valence-electron chi connectivity index (χ2n) is 4.57. The average molecular weight is 234 g/mol. The van der Waals surface area contributed by atoms with E-state index in [4.69, 9.17) is 0 Å². The number of carbonyl (C=O) groups is 1. The number of aromatic carboxylic acids is 1. The van der Waals surface area contributed by atoms with E-state index in [1.54, 1.807) is 18.3 Å². The van der Waals surface area contributed by atoms with Gasteiger partial charge in [0.25, 0.3) is 0 Å². The molecule has 1 fully saturated rings. The quantitative estimate of drug-likeness (QED) is 0.854. The van der Waals surface area contributed by atoms with Crippen molar-refractivity contribution in [2.75, 3.05) is 11.4 Å².